The molecule has 3 aromatic heterocycles. The Labute approximate surface area is 503 Å². The quantitative estimate of drug-likeness (QED) is 0.0410. The van der Waals surface area contributed by atoms with Gasteiger partial charge >= 0.3 is 17.9 Å². The van der Waals surface area contributed by atoms with Crippen LogP contribution >= 0.6 is 56.9 Å². The number of hydrogen-bond acceptors (Lipinski definition) is 12. The average Bonchev–Trinajstić information content (AvgIpc) is 1.89. The van der Waals surface area contributed by atoms with Crippen molar-refractivity contribution >= 4 is 158 Å². The number of hydrogen-bond donors (Lipinski definition) is 6. The van der Waals surface area contributed by atoms with Gasteiger partial charge in [-0.05, 0) is 163 Å². The number of allylic oxidation sites excluding steroid dienone is 3. The van der Waals surface area contributed by atoms with Crippen LogP contribution in [-0.4, -0.2) is 69.5 Å². The third-order valence-corrected chi connectivity index (χ3v) is 21.0. The minimum Gasteiger partial charge on any atom is -0.477 e. The van der Waals surface area contributed by atoms with Gasteiger partial charge in [-0.1, -0.05) is 60.4 Å². The Balaban J connectivity index is 0.000000203. The molecule has 9 aromatic rings. The second-order valence-electron chi connectivity index (χ2n) is 18.4. The molecule has 3 heterocycles. The van der Waals surface area contributed by atoms with E-state index in [4.69, 9.17) is 64.2 Å². The highest BCUT2D eigenvalue weighted by molar-refractivity contribution is 7.75. The van der Waals surface area contributed by atoms with Gasteiger partial charge in [-0.15, -0.1) is 0 Å². The number of rotatable bonds is 15. The molecule has 3 unspecified atom stereocenters. The zero-order valence-corrected chi connectivity index (χ0v) is 50.1. The Morgan fingerprint density at radius 2 is 0.694 bits per heavy atom. The highest BCUT2D eigenvalue weighted by Gasteiger charge is 2.39. The summed E-state index contributed by atoms with van der Waals surface area (Å²) in [5.74, 6) is -3.76. The van der Waals surface area contributed by atoms with Crippen LogP contribution < -0.4 is 31.8 Å². The van der Waals surface area contributed by atoms with Crippen LogP contribution in [0.1, 0.15) is 72.3 Å². The number of carboxylic acid groups (broad SMARTS) is 3. The first kappa shape index (κ1) is 65.6. The summed E-state index contributed by atoms with van der Waals surface area (Å²) < 4.78 is 58.5. The number of nitrogens with one attached hydrogen (secondary N) is 3. The molecular formula is C61H52Cl3N6O12P3. The Morgan fingerprint density at radius 3 is 0.906 bits per heavy atom. The molecule has 85 heavy (non-hydrogen) atoms. The zero-order chi connectivity index (χ0) is 61.4. The maximum Gasteiger partial charge on any atom is 0.353 e. The van der Waals surface area contributed by atoms with E-state index in [0.717, 1.165) is 16.7 Å². The monoisotopic (exact) mass is 1260 g/mol. The van der Waals surface area contributed by atoms with Gasteiger partial charge in [0.15, 0.2) is 0 Å². The van der Waals surface area contributed by atoms with E-state index in [1.54, 1.807) is 109 Å². The van der Waals surface area contributed by atoms with Gasteiger partial charge in [-0.25, -0.2) is 14.4 Å². The van der Waals surface area contributed by atoms with Gasteiger partial charge in [0.2, 0.25) is 0 Å². The molecule has 0 saturated heterocycles. The number of fused-ring (bicyclic) bond motifs is 3. The van der Waals surface area contributed by atoms with Gasteiger partial charge in [0.1, 0.15) is 17.1 Å². The number of nitriles is 3. The molecule has 0 saturated carbocycles. The third kappa shape index (κ3) is 13.9. The van der Waals surface area contributed by atoms with Crippen LogP contribution in [0.25, 0.3) is 50.9 Å². The maximum atomic E-state index is 14.0. The van der Waals surface area contributed by atoms with E-state index in [2.05, 4.69) is 15.0 Å². The minimum atomic E-state index is -3.79. The van der Waals surface area contributed by atoms with E-state index in [1.807, 2.05) is 57.2 Å². The smallest absolute Gasteiger partial charge is 0.353 e. The summed E-state index contributed by atoms with van der Waals surface area (Å²) in [5.41, 5.74) is 5.19. The second-order valence-corrected chi connectivity index (χ2v) is 27.0. The van der Waals surface area contributed by atoms with Crippen LogP contribution in [0.15, 0.2) is 127 Å². The number of H-pyrrole nitrogens is 3. The first-order chi connectivity index (χ1) is 39.9. The SMILES string of the molecule is C.COP(=O)(c1cc(C)cc(/C=C/C#N)c1)c1c(C(=O)O)[nH]c2ccc(Cl)cc12.COP(=O)(c1cc(C)cc(/C=C/C#N)c1)c1c(C(=O)O)[nH]c2ccc(Cl)cc12.COP(=O)(c1cc(C)cc(/C=C/C#N)c1)c1c(C(=O)O)[nH]c2ccc(Cl)cc12. The van der Waals surface area contributed by atoms with Crippen LogP contribution in [0.4, 0.5) is 0 Å². The molecule has 24 heteroatoms. The predicted molar refractivity (Wildman–Crippen MR) is 337 cm³/mol. The van der Waals surface area contributed by atoms with Gasteiger partial charge in [0.05, 0.1) is 34.1 Å². The van der Waals surface area contributed by atoms with E-state index in [1.165, 1.54) is 39.6 Å². The van der Waals surface area contributed by atoms with Crippen molar-refractivity contribution in [3.05, 3.63) is 193 Å². The van der Waals surface area contributed by atoms with Crippen molar-refractivity contribution in [2.24, 2.45) is 0 Å². The summed E-state index contributed by atoms with van der Waals surface area (Å²) in [6, 6.07) is 35.5. The number of aromatic carboxylic acids is 3. The molecule has 0 fully saturated rings. The fourth-order valence-corrected chi connectivity index (χ4v) is 16.8. The lowest BCUT2D eigenvalue weighted by Crippen LogP contribution is -2.23. The number of carbonyl (C=O) groups is 3. The van der Waals surface area contributed by atoms with Gasteiger partial charge in [-0.3, -0.25) is 13.7 Å². The Kier molecular flexibility index (Phi) is 21.2. The molecule has 0 aliphatic heterocycles. The van der Waals surface area contributed by atoms with Crippen LogP contribution in [-0.2, 0) is 27.3 Å². The Bertz CT molecular complexity index is 4070. The van der Waals surface area contributed by atoms with Crippen LogP contribution in [0.3, 0.4) is 0 Å². The number of aromatic amines is 3. The highest BCUT2D eigenvalue weighted by Crippen LogP contribution is 2.50. The molecule has 434 valence electrons. The first-order valence-electron chi connectivity index (χ1n) is 24.6. The topological polar surface area (TPSA) is 310 Å². The molecule has 3 atom stereocenters. The van der Waals surface area contributed by atoms with Crippen molar-refractivity contribution in [2.45, 2.75) is 28.2 Å². The summed E-state index contributed by atoms with van der Waals surface area (Å²) in [4.78, 5) is 44.0. The van der Waals surface area contributed by atoms with Crippen molar-refractivity contribution in [3.63, 3.8) is 0 Å². The molecule has 0 bridgehead atoms. The molecular weight excluding hydrogens is 1210 g/mol. The lowest BCUT2D eigenvalue weighted by Gasteiger charge is -2.18. The number of aryl methyl sites for hydroxylation is 3. The zero-order valence-electron chi connectivity index (χ0n) is 45.2. The summed E-state index contributed by atoms with van der Waals surface area (Å²) in [6.45, 7) is 5.45. The molecule has 0 radical (unpaired) electrons. The van der Waals surface area contributed by atoms with E-state index < -0.39 is 40.0 Å². The number of aromatic nitrogens is 3. The Hall–Kier alpha value is -8.52. The van der Waals surface area contributed by atoms with Crippen molar-refractivity contribution in [1.29, 1.82) is 15.8 Å². The largest absolute Gasteiger partial charge is 0.477 e. The molecule has 0 spiro atoms. The lowest BCUT2D eigenvalue weighted by molar-refractivity contribution is 0.0682. The van der Waals surface area contributed by atoms with Gasteiger partial charge in [-0.2, -0.15) is 15.8 Å². The summed E-state index contributed by atoms with van der Waals surface area (Å²) in [5, 5.41) is 58.9. The average molecular weight is 1260 g/mol. The van der Waals surface area contributed by atoms with Crippen molar-refractivity contribution in [2.75, 3.05) is 21.3 Å². The number of benzene rings is 6. The van der Waals surface area contributed by atoms with Crippen molar-refractivity contribution in [3.8, 4) is 18.2 Å². The molecule has 18 nitrogen and oxygen atoms in total. The minimum absolute atomic E-state index is 0. The molecule has 6 N–H and O–H groups in total. The fourth-order valence-electron chi connectivity index (χ4n) is 9.38. The maximum absolute atomic E-state index is 14.0. The predicted octanol–water partition coefficient (Wildman–Crippen LogP) is 13.4. The summed E-state index contributed by atoms with van der Waals surface area (Å²) in [6.07, 6.45) is 8.68. The normalized spacial score (nSPS) is 13.3. The van der Waals surface area contributed by atoms with Crippen molar-refractivity contribution in [1.82, 2.24) is 15.0 Å². The first-order valence-corrected chi connectivity index (χ1v) is 30.6. The van der Waals surface area contributed by atoms with E-state index in [9.17, 15) is 43.4 Å². The van der Waals surface area contributed by atoms with Crippen LogP contribution in [0.2, 0.25) is 15.1 Å². The number of nitrogens with zero attached hydrogens (tertiary/aromatic N) is 3. The van der Waals surface area contributed by atoms with E-state index in [-0.39, 0.29) is 40.4 Å². The number of halogens is 3. The summed E-state index contributed by atoms with van der Waals surface area (Å²) in [7, 11) is -7.52. The lowest BCUT2D eigenvalue weighted by atomic mass is 10.1. The number of carboxylic acids is 3. The van der Waals surface area contributed by atoms with Crippen LogP contribution in [0, 0.1) is 54.8 Å². The summed E-state index contributed by atoms with van der Waals surface area (Å²) >= 11 is 18.3. The standard InChI is InChI=1S/3C20H16ClN2O4P.CH4/c3*1-12-8-13(4-3-7-22)10-15(9-12)28(26,27-2)19-16-11-14(21)5-6-17(16)23-18(19)20(24)25;/h3*3-6,8-11,23H,1-2H3,(H,24,25);1H4/b3*4-3+;. The molecule has 0 aliphatic rings. The van der Waals surface area contributed by atoms with Gasteiger partial charge in [0.25, 0.3) is 22.1 Å². The third-order valence-electron chi connectivity index (χ3n) is 12.8. The van der Waals surface area contributed by atoms with Gasteiger partial charge in [0, 0.05) is 103 Å². The highest BCUT2D eigenvalue weighted by atomic mass is 35.5. The molecule has 0 aliphatic carbocycles. The Morgan fingerprint density at radius 1 is 0.447 bits per heavy atom. The molecule has 9 rings (SSSR count). The van der Waals surface area contributed by atoms with E-state index in [0.29, 0.717) is 80.4 Å². The van der Waals surface area contributed by atoms with Gasteiger partial charge < -0.3 is 43.8 Å². The fraction of sp³-hybridized carbons (Fsp3) is 0.115. The van der Waals surface area contributed by atoms with Crippen LogP contribution in [0.5, 0.6) is 0 Å². The molecule has 0 amide bonds. The van der Waals surface area contributed by atoms with Crippen molar-refractivity contribution < 1.29 is 57.0 Å². The molecule has 6 aromatic carbocycles. The second kappa shape index (κ2) is 27.5. The van der Waals surface area contributed by atoms with E-state index >= 15 is 0 Å².